The summed E-state index contributed by atoms with van der Waals surface area (Å²) in [5.41, 5.74) is 3.17. The quantitative estimate of drug-likeness (QED) is 0.133. The zero-order valence-electron chi connectivity index (χ0n) is 14.9. The fourth-order valence-corrected chi connectivity index (χ4v) is 2.13. The molecule has 0 spiro atoms. The molecule has 124 valence electrons. The molecule has 0 aromatic heterocycles. The van der Waals surface area contributed by atoms with Crippen LogP contribution < -0.4 is 0 Å². The Hall–Kier alpha value is -1.26. The van der Waals surface area contributed by atoms with Gasteiger partial charge in [-0.3, -0.25) is 0 Å². The molecule has 0 rings (SSSR count). The van der Waals surface area contributed by atoms with Gasteiger partial charge in [0.05, 0.1) is 0 Å². The Morgan fingerprint density at radius 2 is 1.32 bits per heavy atom. The topological polar surface area (TPSA) is 0 Å². The van der Waals surface area contributed by atoms with E-state index in [4.69, 9.17) is 0 Å². The van der Waals surface area contributed by atoms with Gasteiger partial charge in [0.25, 0.3) is 0 Å². The molecule has 0 saturated heterocycles. The van der Waals surface area contributed by atoms with Crippen LogP contribution in [0.1, 0.15) is 84.5 Å². The van der Waals surface area contributed by atoms with E-state index in [1.807, 2.05) is 6.08 Å². The highest BCUT2D eigenvalue weighted by Crippen LogP contribution is 2.05. The second-order valence-corrected chi connectivity index (χ2v) is 5.69. The second-order valence-electron chi connectivity index (χ2n) is 5.69. The zero-order chi connectivity index (χ0) is 16.1. The summed E-state index contributed by atoms with van der Waals surface area (Å²) in [6.07, 6.45) is 31.4. The number of hydrogen-bond acceptors (Lipinski definition) is 0. The van der Waals surface area contributed by atoms with Crippen molar-refractivity contribution in [1.29, 1.82) is 0 Å². The lowest BCUT2D eigenvalue weighted by molar-refractivity contribution is 0.673. The highest BCUT2D eigenvalue weighted by atomic mass is 13.9. The van der Waals surface area contributed by atoms with Crippen molar-refractivity contribution in [3.05, 3.63) is 54.3 Å². The predicted octanol–water partition coefficient (Wildman–Crippen LogP) is 7.70. The van der Waals surface area contributed by atoms with Crippen molar-refractivity contribution in [3.63, 3.8) is 0 Å². The molecule has 0 N–H and O–H groups in total. The van der Waals surface area contributed by atoms with Crippen LogP contribution in [0.4, 0.5) is 0 Å². The van der Waals surface area contributed by atoms with Crippen LogP contribution in [-0.2, 0) is 0 Å². The van der Waals surface area contributed by atoms with E-state index in [2.05, 4.69) is 62.1 Å². The van der Waals surface area contributed by atoms with Gasteiger partial charge < -0.3 is 0 Å². The summed E-state index contributed by atoms with van der Waals surface area (Å²) >= 11 is 0. The maximum atomic E-state index is 3.17. The van der Waals surface area contributed by atoms with Crippen LogP contribution in [-0.4, -0.2) is 0 Å². The molecule has 0 aliphatic carbocycles. The summed E-state index contributed by atoms with van der Waals surface area (Å²) in [5.74, 6) is 0. The van der Waals surface area contributed by atoms with Gasteiger partial charge in [0.2, 0.25) is 0 Å². The average molecular weight is 301 g/mol. The first-order valence-corrected chi connectivity index (χ1v) is 9.27. The maximum Gasteiger partial charge on any atom is -0.00929 e. The smallest absolute Gasteiger partial charge is 0.00929 e. The molecule has 0 amide bonds. The van der Waals surface area contributed by atoms with E-state index < -0.39 is 0 Å². The minimum absolute atomic E-state index is 0.994. The monoisotopic (exact) mass is 300 g/mol. The van der Waals surface area contributed by atoms with Crippen LogP contribution in [0, 0.1) is 0 Å². The summed E-state index contributed by atoms with van der Waals surface area (Å²) in [7, 11) is 0. The van der Waals surface area contributed by atoms with Crippen molar-refractivity contribution >= 4 is 0 Å². The molecular weight excluding hydrogens is 264 g/mol. The van der Waals surface area contributed by atoms with Crippen LogP contribution in [0.2, 0.25) is 0 Å². The Labute approximate surface area is 139 Å². The Kier molecular flexibility index (Phi) is 18.6. The van der Waals surface area contributed by atoms with Crippen molar-refractivity contribution < 1.29 is 0 Å². The molecule has 0 fully saturated rings. The molecule has 0 aliphatic rings. The van der Waals surface area contributed by atoms with Crippen LogP contribution in [0.5, 0.6) is 0 Å². The minimum Gasteiger partial charge on any atom is -0.125 e. The van der Waals surface area contributed by atoms with Gasteiger partial charge in [-0.05, 0) is 63.5 Å². The molecule has 0 heterocycles. The molecule has 0 unspecified atom stereocenters. The maximum absolute atomic E-state index is 3.17. The fourth-order valence-electron chi connectivity index (χ4n) is 2.13. The number of allylic oxidation sites excluding steroid dienone is 7. The molecule has 0 aromatic carbocycles. The summed E-state index contributed by atoms with van der Waals surface area (Å²) in [4.78, 5) is 0. The van der Waals surface area contributed by atoms with E-state index in [0.717, 1.165) is 12.8 Å². The molecule has 0 bridgehead atoms. The van der Waals surface area contributed by atoms with Crippen LogP contribution in [0.15, 0.2) is 54.3 Å². The Morgan fingerprint density at radius 1 is 0.682 bits per heavy atom. The standard InChI is InChI=1S/C22H36/c1-3-5-7-9-11-13-15-17-19-21-22-20-18-16-14-12-10-8-6-4-2/h5,7,9,13-14,16-17,19H,3-4,6,8,10,12,15,18,20-22H2,1-2H3/b7-5+,16-14+,19-17+. The third-order valence-electron chi connectivity index (χ3n) is 3.49. The molecule has 0 aliphatic heterocycles. The van der Waals surface area contributed by atoms with E-state index in [9.17, 15) is 0 Å². The van der Waals surface area contributed by atoms with Crippen molar-refractivity contribution in [2.24, 2.45) is 0 Å². The lowest BCUT2D eigenvalue weighted by Crippen LogP contribution is -1.75. The summed E-state index contributed by atoms with van der Waals surface area (Å²) in [6, 6.07) is 0. The first-order valence-electron chi connectivity index (χ1n) is 9.27. The Morgan fingerprint density at radius 3 is 1.95 bits per heavy atom. The number of unbranched alkanes of at least 4 members (excludes halogenated alkanes) is 7. The summed E-state index contributed by atoms with van der Waals surface area (Å²) in [6.45, 7) is 4.41. The minimum atomic E-state index is 0.994. The summed E-state index contributed by atoms with van der Waals surface area (Å²) < 4.78 is 0. The van der Waals surface area contributed by atoms with E-state index >= 15 is 0 Å². The molecule has 0 atom stereocenters. The molecular formula is C22H36. The van der Waals surface area contributed by atoms with E-state index in [1.54, 1.807) is 0 Å². The van der Waals surface area contributed by atoms with Crippen LogP contribution in [0.25, 0.3) is 0 Å². The van der Waals surface area contributed by atoms with Gasteiger partial charge in [-0.15, -0.1) is 5.73 Å². The number of rotatable bonds is 14. The van der Waals surface area contributed by atoms with Crippen LogP contribution in [0.3, 0.4) is 0 Å². The van der Waals surface area contributed by atoms with Gasteiger partial charge in [0.1, 0.15) is 0 Å². The van der Waals surface area contributed by atoms with E-state index in [-0.39, 0.29) is 0 Å². The molecule has 0 radical (unpaired) electrons. The second kappa shape index (κ2) is 19.7. The SMILES string of the molecule is CC/C=C/C=C=CC/C=C/CCCC/C=C/CCCCCC. The van der Waals surface area contributed by atoms with Gasteiger partial charge in [-0.25, -0.2) is 0 Å². The van der Waals surface area contributed by atoms with Gasteiger partial charge in [0, 0.05) is 0 Å². The van der Waals surface area contributed by atoms with Gasteiger partial charge >= 0.3 is 0 Å². The Bertz CT molecular complexity index is 348. The molecule has 0 nitrogen and oxygen atoms in total. The third-order valence-corrected chi connectivity index (χ3v) is 3.49. The lowest BCUT2D eigenvalue weighted by atomic mass is 10.1. The van der Waals surface area contributed by atoms with E-state index in [1.165, 1.54) is 57.8 Å². The largest absolute Gasteiger partial charge is 0.125 e. The highest BCUT2D eigenvalue weighted by Gasteiger charge is 1.86. The fraction of sp³-hybridized carbons (Fsp3) is 0.591. The van der Waals surface area contributed by atoms with Crippen molar-refractivity contribution in [2.45, 2.75) is 84.5 Å². The average Bonchev–Trinajstić information content (AvgIpc) is 2.54. The van der Waals surface area contributed by atoms with Crippen molar-refractivity contribution in [3.8, 4) is 0 Å². The molecule has 22 heavy (non-hydrogen) atoms. The summed E-state index contributed by atoms with van der Waals surface area (Å²) in [5, 5.41) is 0. The van der Waals surface area contributed by atoms with Gasteiger partial charge in [0.15, 0.2) is 0 Å². The third kappa shape index (κ3) is 18.7. The predicted molar refractivity (Wildman–Crippen MR) is 102 cm³/mol. The normalized spacial score (nSPS) is 11.5. The molecule has 0 heteroatoms. The molecule has 0 saturated carbocycles. The van der Waals surface area contributed by atoms with Crippen molar-refractivity contribution in [1.82, 2.24) is 0 Å². The Balaban J connectivity index is 3.35. The lowest BCUT2D eigenvalue weighted by Gasteiger charge is -1.95. The van der Waals surface area contributed by atoms with Gasteiger partial charge in [-0.2, -0.15) is 0 Å². The first kappa shape index (κ1) is 20.7. The van der Waals surface area contributed by atoms with Crippen LogP contribution >= 0.6 is 0 Å². The highest BCUT2D eigenvalue weighted by molar-refractivity contribution is 5.03. The van der Waals surface area contributed by atoms with E-state index in [0.29, 0.717) is 0 Å². The molecule has 0 aromatic rings. The van der Waals surface area contributed by atoms with Gasteiger partial charge in [-0.1, -0.05) is 69.6 Å². The first-order chi connectivity index (χ1) is 10.9. The van der Waals surface area contributed by atoms with Crippen molar-refractivity contribution in [2.75, 3.05) is 0 Å². The zero-order valence-corrected chi connectivity index (χ0v) is 14.9. The number of hydrogen-bond donors (Lipinski definition) is 0.